The molecule has 1 heterocycles. The molecule has 0 saturated carbocycles. The van der Waals surface area contributed by atoms with Crippen molar-refractivity contribution in [3.05, 3.63) is 54.6 Å². The van der Waals surface area contributed by atoms with Gasteiger partial charge in [0, 0.05) is 29.4 Å². The molecule has 0 bridgehead atoms. The highest BCUT2D eigenvalue weighted by Gasteiger charge is 2.34. The molecule has 6 heteroatoms. The average molecular weight is 402 g/mol. The Hall–Kier alpha value is -2.18. The van der Waals surface area contributed by atoms with Gasteiger partial charge in [0.05, 0.1) is 6.61 Å². The molecule has 0 radical (unpaired) electrons. The van der Waals surface area contributed by atoms with Crippen molar-refractivity contribution in [3.63, 3.8) is 0 Å². The van der Waals surface area contributed by atoms with E-state index in [2.05, 4.69) is 17.4 Å². The molecule has 0 atom stereocenters. The van der Waals surface area contributed by atoms with Crippen LogP contribution in [-0.2, 0) is 9.53 Å². The second kappa shape index (κ2) is 10.4. The maximum Gasteiger partial charge on any atom is 0.257 e. The molecular formula is C22H27NO4S. The van der Waals surface area contributed by atoms with Crippen molar-refractivity contribution in [2.24, 2.45) is 0 Å². The van der Waals surface area contributed by atoms with Crippen molar-refractivity contribution >= 4 is 17.7 Å². The van der Waals surface area contributed by atoms with E-state index in [0.717, 1.165) is 31.8 Å². The van der Waals surface area contributed by atoms with Gasteiger partial charge >= 0.3 is 0 Å². The van der Waals surface area contributed by atoms with E-state index in [9.17, 15) is 4.79 Å². The molecule has 0 spiro atoms. The van der Waals surface area contributed by atoms with E-state index in [0.29, 0.717) is 18.9 Å². The van der Waals surface area contributed by atoms with E-state index in [4.69, 9.17) is 14.2 Å². The van der Waals surface area contributed by atoms with Gasteiger partial charge in [0.15, 0.2) is 6.61 Å². The van der Waals surface area contributed by atoms with Crippen LogP contribution in [0, 0.1) is 0 Å². The predicted octanol–water partition coefficient (Wildman–Crippen LogP) is 3.92. The third-order valence-electron chi connectivity index (χ3n) is 4.59. The van der Waals surface area contributed by atoms with Gasteiger partial charge in [-0.1, -0.05) is 18.2 Å². The van der Waals surface area contributed by atoms with Crippen LogP contribution in [0.4, 0.5) is 0 Å². The van der Waals surface area contributed by atoms with E-state index >= 15 is 0 Å². The molecule has 1 N–H and O–H groups in total. The first-order valence-electron chi connectivity index (χ1n) is 9.63. The van der Waals surface area contributed by atoms with Crippen molar-refractivity contribution in [1.29, 1.82) is 0 Å². The monoisotopic (exact) mass is 401 g/mol. The van der Waals surface area contributed by atoms with Crippen molar-refractivity contribution in [2.75, 3.05) is 33.0 Å². The van der Waals surface area contributed by atoms with E-state index in [-0.39, 0.29) is 17.3 Å². The van der Waals surface area contributed by atoms with Gasteiger partial charge in [-0.05, 0) is 56.2 Å². The number of carbonyl (C=O) groups is 1. The number of benzene rings is 2. The fraction of sp³-hybridized carbons (Fsp3) is 0.409. The quantitative estimate of drug-likeness (QED) is 0.690. The van der Waals surface area contributed by atoms with Crippen LogP contribution in [-0.4, -0.2) is 43.6 Å². The summed E-state index contributed by atoms with van der Waals surface area (Å²) in [5.41, 5.74) is 0. The van der Waals surface area contributed by atoms with Crippen molar-refractivity contribution < 1.29 is 19.0 Å². The number of amides is 1. The van der Waals surface area contributed by atoms with Crippen LogP contribution in [0.3, 0.4) is 0 Å². The lowest BCUT2D eigenvalue weighted by Gasteiger charge is -2.36. The first-order chi connectivity index (χ1) is 13.7. The second-order valence-corrected chi connectivity index (χ2v) is 8.22. The lowest BCUT2D eigenvalue weighted by Crippen LogP contribution is -2.45. The molecular weight excluding hydrogens is 374 g/mol. The van der Waals surface area contributed by atoms with Gasteiger partial charge in [-0.2, -0.15) is 0 Å². The van der Waals surface area contributed by atoms with Gasteiger partial charge in [-0.15, -0.1) is 11.8 Å². The topological polar surface area (TPSA) is 56.8 Å². The SMILES string of the molecule is CCOc1ccc(OCC(=O)NCC2(Sc3ccccc3)CCOCC2)cc1. The fourth-order valence-electron chi connectivity index (χ4n) is 3.06. The standard InChI is InChI=1S/C22H27NO4S/c1-2-26-18-8-10-19(11-9-18)27-16-21(24)23-17-22(12-14-25-15-13-22)28-20-6-4-3-5-7-20/h3-11H,2,12-17H2,1H3,(H,23,24). The van der Waals surface area contributed by atoms with E-state index in [1.165, 1.54) is 4.90 Å². The minimum Gasteiger partial charge on any atom is -0.494 e. The smallest absolute Gasteiger partial charge is 0.257 e. The molecule has 2 aromatic carbocycles. The molecule has 1 fully saturated rings. The Kier molecular flexibility index (Phi) is 7.62. The van der Waals surface area contributed by atoms with Crippen molar-refractivity contribution in [1.82, 2.24) is 5.32 Å². The molecule has 1 amide bonds. The van der Waals surface area contributed by atoms with Crippen LogP contribution in [0.25, 0.3) is 0 Å². The zero-order valence-corrected chi connectivity index (χ0v) is 17.0. The summed E-state index contributed by atoms with van der Waals surface area (Å²) >= 11 is 1.83. The highest BCUT2D eigenvalue weighted by Crippen LogP contribution is 2.40. The van der Waals surface area contributed by atoms with Gasteiger partial charge < -0.3 is 19.5 Å². The predicted molar refractivity (Wildman–Crippen MR) is 111 cm³/mol. The average Bonchev–Trinajstić information content (AvgIpc) is 2.73. The summed E-state index contributed by atoms with van der Waals surface area (Å²) < 4.78 is 16.5. The number of hydrogen-bond acceptors (Lipinski definition) is 5. The Bertz CT molecular complexity index is 730. The van der Waals surface area contributed by atoms with Gasteiger partial charge in [0.2, 0.25) is 0 Å². The first-order valence-corrected chi connectivity index (χ1v) is 10.4. The molecule has 28 heavy (non-hydrogen) atoms. The zero-order chi connectivity index (χ0) is 19.7. The molecule has 5 nitrogen and oxygen atoms in total. The van der Waals surface area contributed by atoms with Crippen LogP contribution in [0.15, 0.2) is 59.5 Å². The number of ether oxygens (including phenoxy) is 3. The van der Waals surface area contributed by atoms with Gasteiger partial charge in [-0.3, -0.25) is 4.79 Å². The van der Waals surface area contributed by atoms with Crippen LogP contribution >= 0.6 is 11.8 Å². The third-order valence-corrected chi connectivity index (χ3v) is 6.09. The lowest BCUT2D eigenvalue weighted by molar-refractivity contribution is -0.123. The Morgan fingerprint density at radius 1 is 1.04 bits per heavy atom. The number of rotatable bonds is 9. The van der Waals surface area contributed by atoms with E-state index in [1.54, 1.807) is 0 Å². The van der Waals surface area contributed by atoms with Gasteiger partial charge in [-0.25, -0.2) is 0 Å². The maximum absolute atomic E-state index is 12.3. The summed E-state index contributed by atoms with van der Waals surface area (Å²) in [7, 11) is 0. The summed E-state index contributed by atoms with van der Waals surface area (Å²) in [5, 5.41) is 3.05. The van der Waals surface area contributed by atoms with Crippen molar-refractivity contribution in [3.8, 4) is 11.5 Å². The normalized spacial score (nSPS) is 15.6. The number of hydrogen-bond donors (Lipinski definition) is 1. The molecule has 1 aliphatic heterocycles. The minimum atomic E-state index is -0.117. The number of thioether (sulfide) groups is 1. The lowest BCUT2D eigenvalue weighted by atomic mass is 9.99. The summed E-state index contributed by atoms with van der Waals surface area (Å²) in [6.07, 6.45) is 1.82. The van der Waals surface area contributed by atoms with E-state index < -0.39 is 0 Å². The largest absolute Gasteiger partial charge is 0.494 e. The Balaban J connectivity index is 1.50. The van der Waals surface area contributed by atoms with Gasteiger partial charge in [0.25, 0.3) is 5.91 Å². The zero-order valence-electron chi connectivity index (χ0n) is 16.2. The third kappa shape index (κ3) is 6.17. The van der Waals surface area contributed by atoms with Crippen LogP contribution in [0.2, 0.25) is 0 Å². The van der Waals surface area contributed by atoms with E-state index in [1.807, 2.05) is 61.2 Å². The summed E-state index contributed by atoms with van der Waals surface area (Å²) in [6.45, 7) is 4.60. The summed E-state index contributed by atoms with van der Waals surface area (Å²) in [4.78, 5) is 13.5. The summed E-state index contributed by atoms with van der Waals surface area (Å²) in [5.74, 6) is 1.32. The maximum atomic E-state index is 12.3. The Morgan fingerprint density at radius 2 is 1.68 bits per heavy atom. The van der Waals surface area contributed by atoms with Gasteiger partial charge in [0.1, 0.15) is 11.5 Å². The molecule has 0 unspecified atom stereocenters. The Labute approximate surface area is 170 Å². The molecule has 1 saturated heterocycles. The second-order valence-electron chi connectivity index (χ2n) is 6.68. The highest BCUT2D eigenvalue weighted by molar-refractivity contribution is 8.00. The molecule has 1 aliphatic rings. The highest BCUT2D eigenvalue weighted by atomic mass is 32.2. The molecule has 3 rings (SSSR count). The minimum absolute atomic E-state index is 0.00341. The molecule has 0 aromatic heterocycles. The Morgan fingerprint density at radius 3 is 2.32 bits per heavy atom. The van der Waals surface area contributed by atoms with Crippen LogP contribution in [0.5, 0.6) is 11.5 Å². The molecule has 0 aliphatic carbocycles. The van der Waals surface area contributed by atoms with Crippen LogP contribution in [0.1, 0.15) is 19.8 Å². The molecule has 150 valence electrons. The fourth-order valence-corrected chi connectivity index (χ4v) is 4.36. The first kappa shape index (κ1) is 20.6. The number of nitrogens with one attached hydrogen (secondary N) is 1. The molecule has 2 aromatic rings. The van der Waals surface area contributed by atoms with Crippen LogP contribution < -0.4 is 14.8 Å². The van der Waals surface area contributed by atoms with Crippen molar-refractivity contribution in [2.45, 2.75) is 29.4 Å². The summed E-state index contributed by atoms with van der Waals surface area (Å²) in [6, 6.07) is 17.6. The number of carbonyl (C=O) groups excluding carboxylic acids is 1.